The number of carbonyl (C=O) groups is 1. The maximum absolute atomic E-state index is 12.8. The number of aromatic nitrogens is 1. The third-order valence-corrected chi connectivity index (χ3v) is 6.08. The second-order valence-electron chi connectivity index (χ2n) is 7.50. The molecular weight excluding hydrogens is 366 g/mol. The van der Waals surface area contributed by atoms with E-state index in [4.69, 9.17) is 20.9 Å². The zero-order valence-corrected chi connectivity index (χ0v) is 16.3. The molecule has 3 heterocycles. The lowest BCUT2D eigenvalue weighted by atomic mass is 9.98. The van der Waals surface area contributed by atoms with Gasteiger partial charge >= 0.3 is 0 Å². The van der Waals surface area contributed by atoms with Gasteiger partial charge in [0, 0.05) is 23.1 Å². The number of hydrogen-bond donors (Lipinski definition) is 1. The summed E-state index contributed by atoms with van der Waals surface area (Å²) in [5.74, 6) is 1.09. The molecule has 2 unspecified atom stereocenters. The first-order valence-electron chi connectivity index (χ1n) is 9.37. The van der Waals surface area contributed by atoms with Crippen LogP contribution in [0.5, 0.6) is 5.75 Å². The van der Waals surface area contributed by atoms with Gasteiger partial charge in [-0.3, -0.25) is 4.79 Å². The van der Waals surface area contributed by atoms with Gasteiger partial charge in [-0.1, -0.05) is 16.8 Å². The van der Waals surface area contributed by atoms with Crippen molar-refractivity contribution in [2.75, 3.05) is 7.05 Å². The molecule has 4 rings (SSSR count). The van der Waals surface area contributed by atoms with Gasteiger partial charge in [-0.2, -0.15) is 0 Å². The smallest absolute Gasteiger partial charge is 0.274 e. The van der Waals surface area contributed by atoms with Crippen LogP contribution in [-0.2, 0) is 6.61 Å². The SMILES string of the molecule is Cc1onc(C(=O)NC2CC3CCC(C2)N3C)c1COc1ccc(Cl)cc1. The average Bonchev–Trinajstić information content (AvgIpc) is 3.09. The monoisotopic (exact) mass is 389 g/mol. The van der Waals surface area contributed by atoms with Gasteiger partial charge in [-0.15, -0.1) is 0 Å². The highest BCUT2D eigenvalue weighted by Crippen LogP contribution is 2.34. The lowest BCUT2D eigenvalue weighted by Crippen LogP contribution is -2.48. The zero-order valence-electron chi connectivity index (χ0n) is 15.6. The van der Waals surface area contributed by atoms with Gasteiger partial charge < -0.3 is 19.5 Å². The zero-order chi connectivity index (χ0) is 19.0. The third kappa shape index (κ3) is 3.82. The molecule has 7 heteroatoms. The number of hydrogen-bond acceptors (Lipinski definition) is 5. The molecule has 2 aliphatic rings. The first-order valence-corrected chi connectivity index (χ1v) is 9.75. The van der Waals surface area contributed by atoms with Crippen LogP contribution < -0.4 is 10.1 Å². The lowest BCUT2D eigenvalue weighted by molar-refractivity contribution is 0.0871. The summed E-state index contributed by atoms with van der Waals surface area (Å²) in [5, 5.41) is 7.78. The van der Waals surface area contributed by atoms with E-state index in [1.54, 1.807) is 31.2 Å². The Hall–Kier alpha value is -2.05. The van der Waals surface area contributed by atoms with Crippen LogP contribution in [0.4, 0.5) is 0 Å². The molecule has 1 aromatic carbocycles. The van der Waals surface area contributed by atoms with Crippen molar-refractivity contribution in [3.63, 3.8) is 0 Å². The molecule has 0 spiro atoms. The van der Waals surface area contributed by atoms with E-state index in [1.165, 1.54) is 12.8 Å². The number of nitrogens with one attached hydrogen (secondary N) is 1. The standard InChI is InChI=1S/C20H24ClN3O3/c1-12-18(11-26-17-7-3-13(21)4-8-17)19(23-27-12)20(25)22-14-9-15-5-6-16(10-14)24(15)2/h3-4,7-8,14-16H,5-6,9-11H2,1-2H3,(H,22,25). The molecule has 0 radical (unpaired) electrons. The highest BCUT2D eigenvalue weighted by Gasteiger charge is 2.39. The minimum absolute atomic E-state index is 0.185. The van der Waals surface area contributed by atoms with E-state index in [-0.39, 0.29) is 18.6 Å². The van der Waals surface area contributed by atoms with Gasteiger partial charge in [0.1, 0.15) is 18.1 Å². The summed E-state index contributed by atoms with van der Waals surface area (Å²) in [4.78, 5) is 15.3. The minimum atomic E-state index is -0.185. The van der Waals surface area contributed by atoms with Gasteiger partial charge in [0.25, 0.3) is 5.91 Å². The topological polar surface area (TPSA) is 67.6 Å². The van der Waals surface area contributed by atoms with Crippen molar-refractivity contribution in [3.05, 3.63) is 46.3 Å². The van der Waals surface area contributed by atoms with Crippen LogP contribution in [0.15, 0.2) is 28.8 Å². The molecule has 2 atom stereocenters. The quantitative estimate of drug-likeness (QED) is 0.846. The van der Waals surface area contributed by atoms with E-state index in [0.29, 0.717) is 39.9 Å². The number of benzene rings is 1. The maximum Gasteiger partial charge on any atom is 0.274 e. The molecule has 27 heavy (non-hydrogen) atoms. The molecule has 144 valence electrons. The summed E-state index contributed by atoms with van der Waals surface area (Å²) in [7, 11) is 2.19. The number of nitrogens with zero attached hydrogens (tertiary/aromatic N) is 2. The number of halogens is 1. The van der Waals surface area contributed by atoms with Crippen molar-refractivity contribution in [1.29, 1.82) is 0 Å². The number of ether oxygens (including phenoxy) is 1. The Morgan fingerprint density at radius 2 is 1.96 bits per heavy atom. The predicted molar refractivity (Wildman–Crippen MR) is 102 cm³/mol. The van der Waals surface area contributed by atoms with Crippen LogP contribution in [0.3, 0.4) is 0 Å². The van der Waals surface area contributed by atoms with Crippen LogP contribution in [-0.4, -0.2) is 41.1 Å². The predicted octanol–water partition coefficient (Wildman–Crippen LogP) is 3.57. The van der Waals surface area contributed by atoms with E-state index in [1.807, 2.05) is 0 Å². The van der Waals surface area contributed by atoms with Crippen molar-refractivity contribution in [2.24, 2.45) is 0 Å². The average molecular weight is 390 g/mol. The fourth-order valence-electron chi connectivity index (χ4n) is 4.21. The van der Waals surface area contributed by atoms with Crippen LogP contribution in [0.25, 0.3) is 0 Å². The van der Waals surface area contributed by atoms with E-state index in [9.17, 15) is 4.79 Å². The first-order chi connectivity index (χ1) is 13.0. The molecule has 1 amide bonds. The Morgan fingerprint density at radius 3 is 2.63 bits per heavy atom. The first kappa shape index (κ1) is 18.3. The number of fused-ring (bicyclic) bond motifs is 2. The van der Waals surface area contributed by atoms with E-state index in [2.05, 4.69) is 22.4 Å². The van der Waals surface area contributed by atoms with Crippen molar-refractivity contribution in [1.82, 2.24) is 15.4 Å². The van der Waals surface area contributed by atoms with Gasteiger partial charge in [0.05, 0.1) is 5.56 Å². The van der Waals surface area contributed by atoms with Crippen molar-refractivity contribution in [2.45, 2.75) is 57.3 Å². The number of piperidine rings is 1. The van der Waals surface area contributed by atoms with Crippen LogP contribution >= 0.6 is 11.6 Å². The Balaban J connectivity index is 1.41. The highest BCUT2D eigenvalue weighted by atomic mass is 35.5. The molecule has 0 aliphatic carbocycles. The molecule has 1 aromatic heterocycles. The fourth-order valence-corrected chi connectivity index (χ4v) is 4.33. The number of aryl methyl sites for hydroxylation is 1. The molecule has 2 saturated heterocycles. The van der Waals surface area contributed by atoms with E-state index < -0.39 is 0 Å². The summed E-state index contributed by atoms with van der Waals surface area (Å²) in [6.45, 7) is 2.01. The molecule has 6 nitrogen and oxygen atoms in total. The largest absolute Gasteiger partial charge is 0.489 e. The third-order valence-electron chi connectivity index (χ3n) is 5.83. The summed E-state index contributed by atoms with van der Waals surface area (Å²) in [5.41, 5.74) is 0.992. The second-order valence-corrected chi connectivity index (χ2v) is 7.94. The van der Waals surface area contributed by atoms with Crippen LogP contribution in [0.1, 0.15) is 47.5 Å². The maximum atomic E-state index is 12.8. The van der Waals surface area contributed by atoms with Gasteiger partial charge in [-0.05, 0) is 63.9 Å². The van der Waals surface area contributed by atoms with Crippen molar-refractivity contribution in [3.8, 4) is 5.75 Å². The molecule has 2 fully saturated rings. The number of rotatable bonds is 5. The van der Waals surface area contributed by atoms with Gasteiger partial charge in [-0.25, -0.2) is 0 Å². The molecule has 2 aliphatic heterocycles. The van der Waals surface area contributed by atoms with Gasteiger partial charge in [0.2, 0.25) is 0 Å². The minimum Gasteiger partial charge on any atom is -0.489 e. The molecular formula is C20H24ClN3O3. The van der Waals surface area contributed by atoms with Gasteiger partial charge in [0.15, 0.2) is 5.69 Å². The Kier molecular flexibility index (Phi) is 5.10. The fraction of sp³-hybridized carbons (Fsp3) is 0.500. The van der Waals surface area contributed by atoms with E-state index in [0.717, 1.165) is 12.8 Å². The van der Waals surface area contributed by atoms with Crippen molar-refractivity contribution >= 4 is 17.5 Å². The second kappa shape index (κ2) is 7.52. The van der Waals surface area contributed by atoms with Crippen molar-refractivity contribution < 1.29 is 14.1 Å². The number of amides is 1. The summed E-state index contributed by atoms with van der Waals surface area (Å²) < 4.78 is 11.0. The number of carbonyl (C=O) groups excluding carboxylic acids is 1. The molecule has 0 saturated carbocycles. The molecule has 2 aromatic rings. The van der Waals surface area contributed by atoms with E-state index >= 15 is 0 Å². The highest BCUT2D eigenvalue weighted by molar-refractivity contribution is 6.30. The molecule has 1 N–H and O–H groups in total. The normalized spacial score (nSPS) is 24.8. The summed E-state index contributed by atoms with van der Waals surface area (Å²) in [6.07, 6.45) is 4.42. The Bertz CT molecular complexity index is 806. The van der Waals surface area contributed by atoms with Crippen LogP contribution in [0.2, 0.25) is 5.02 Å². The Labute approximate surface area is 163 Å². The van der Waals surface area contributed by atoms with Crippen LogP contribution in [0, 0.1) is 6.92 Å². The molecule has 2 bridgehead atoms. The Morgan fingerprint density at radius 1 is 1.30 bits per heavy atom. The summed E-state index contributed by atoms with van der Waals surface area (Å²) in [6, 6.07) is 8.44. The lowest BCUT2D eigenvalue weighted by Gasteiger charge is -2.36. The summed E-state index contributed by atoms with van der Waals surface area (Å²) >= 11 is 5.89.